The fourth-order valence-corrected chi connectivity index (χ4v) is 3.06. The van der Waals surface area contributed by atoms with E-state index in [1.165, 1.54) is 11.7 Å². The summed E-state index contributed by atoms with van der Waals surface area (Å²) in [4.78, 5) is 25.2. The second-order valence-electron chi connectivity index (χ2n) is 5.78. The summed E-state index contributed by atoms with van der Waals surface area (Å²) in [5.41, 5.74) is 7.57. The number of aryl methyl sites for hydroxylation is 1. The van der Waals surface area contributed by atoms with Crippen LogP contribution in [0.15, 0.2) is 46.6 Å². The van der Waals surface area contributed by atoms with Crippen LogP contribution in [0.25, 0.3) is 0 Å². The maximum atomic E-state index is 12.9. The second-order valence-corrected chi connectivity index (χ2v) is 6.22. The zero-order valence-corrected chi connectivity index (χ0v) is 14.8. The van der Waals surface area contributed by atoms with E-state index in [2.05, 4.69) is 0 Å². The minimum absolute atomic E-state index is 0.0769. The summed E-state index contributed by atoms with van der Waals surface area (Å²) in [6.07, 6.45) is 0. The Bertz CT molecular complexity index is 945. The second kappa shape index (κ2) is 6.29. The van der Waals surface area contributed by atoms with Gasteiger partial charge in [0.15, 0.2) is 0 Å². The number of methoxy groups -OCH3 is 1. The van der Waals surface area contributed by atoms with Gasteiger partial charge in [0.2, 0.25) is 5.88 Å². The van der Waals surface area contributed by atoms with Crippen LogP contribution in [0.5, 0.6) is 5.75 Å². The van der Waals surface area contributed by atoms with E-state index >= 15 is 0 Å². The van der Waals surface area contributed by atoms with Crippen LogP contribution in [0.3, 0.4) is 0 Å². The van der Waals surface area contributed by atoms with Crippen LogP contribution in [0.1, 0.15) is 22.7 Å². The fraction of sp³-hybridized carbons (Fsp3) is 0.222. The van der Waals surface area contributed by atoms with Gasteiger partial charge < -0.3 is 19.8 Å². The van der Waals surface area contributed by atoms with E-state index in [0.717, 1.165) is 0 Å². The van der Waals surface area contributed by atoms with Crippen LogP contribution >= 0.6 is 11.6 Å². The van der Waals surface area contributed by atoms with Crippen LogP contribution in [-0.4, -0.2) is 17.6 Å². The number of hydrogen-bond acceptors (Lipinski definition) is 5. The molecule has 7 heteroatoms. The molecular formula is C18H17ClN2O4. The third kappa shape index (κ3) is 2.78. The van der Waals surface area contributed by atoms with Crippen molar-refractivity contribution in [3.8, 4) is 5.75 Å². The number of nitrogens with two attached hydrogens (primary N) is 1. The zero-order chi connectivity index (χ0) is 18.3. The molecule has 2 aromatic rings. The van der Waals surface area contributed by atoms with Crippen LogP contribution in [-0.2, 0) is 16.6 Å². The Hall–Kier alpha value is -2.73. The molecule has 0 saturated heterocycles. The normalized spacial score (nSPS) is 16.2. The number of carbonyl (C=O) groups excluding carboxylic acids is 1. The van der Waals surface area contributed by atoms with Gasteiger partial charge in [-0.1, -0.05) is 23.7 Å². The highest BCUT2D eigenvalue weighted by Gasteiger charge is 2.37. The Balaban J connectivity index is 2.34. The summed E-state index contributed by atoms with van der Waals surface area (Å²) < 4.78 is 11.9. The highest BCUT2D eigenvalue weighted by molar-refractivity contribution is 6.30. The number of halogens is 1. The summed E-state index contributed by atoms with van der Waals surface area (Å²) in [5.74, 6) is -1.09. The highest BCUT2D eigenvalue weighted by Crippen LogP contribution is 2.41. The first-order valence-corrected chi connectivity index (χ1v) is 7.94. The van der Waals surface area contributed by atoms with E-state index in [1.807, 2.05) is 0 Å². The molecule has 25 heavy (non-hydrogen) atoms. The first-order valence-electron chi connectivity index (χ1n) is 7.57. The molecule has 1 atom stereocenters. The number of carbonyl (C=O) groups is 1. The van der Waals surface area contributed by atoms with Gasteiger partial charge in [-0.25, -0.2) is 4.79 Å². The Morgan fingerprint density at radius 2 is 1.96 bits per heavy atom. The molecule has 0 fully saturated rings. The smallest absolute Gasteiger partial charge is 0.340 e. The molecule has 0 amide bonds. The average Bonchev–Trinajstić information content (AvgIpc) is 2.59. The van der Waals surface area contributed by atoms with Crippen molar-refractivity contribution in [3.63, 3.8) is 0 Å². The monoisotopic (exact) mass is 360 g/mol. The molecule has 0 aliphatic carbocycles. The molecule has 1 aliphatic rings. The van der Waals surface area contributed by atoms with Gasteiger partial charge in [0, 0.05) is 23.8 Å². The summed E-state index contributed by atoms with van der Waals surface area (Å²) >= 11 is 5.96. The Morgan fingerprint density at radius 3 is 2.56 bits per heavy atom. The highest BCUT2D eigenvalue weighted by atomic mass is 35.5. The van der Waals surface area contributed by atoms with Crippen LogP contribution in [0.4, 0.5) is 0 Å². The first kappa shape index (κ1) is 17.1. The zero-order valence-electron chi connectivity index (χ0n) is 14.0. The van der Waals surface area contributed by atoms with Crippen LogP contribution in [0, 0.1) is 6.92 Å². The predicted molar refractivity (Wildman–Crippen MR) is 93.6 cm³/mol. The van der Waals surface area contributed by atoms with E-state index in [9.17, 15) is 9.59 Å². The molecule has 130 valence electrons. The van der Waals surface area contributed by atoms with Gasteiger partial charge in [0.1, 0.15) is 11.3 Å². The lowest BCUT2D eigenvalue weighted by molar-refractivity contribution is -0.136. The van der Waals surface area contributed by atoms with Crippen molar-refractivity contribution in [2.45, 2.75) is 12.8 Å². The van der Waals surface area contributed by atoms with Gasteiger partial charge in [-0.15, -0.1) is 0 Å². The minimum Gasteiger partial charge on any atom is -0.465 e. The Labute approximate surface area is 149 Å². The molecule has 0 saturated carbocycles. The molecule has 1 aromatic carbocycles. The van der Waals surface area contributed by atoms with Crippen LogP contribution < -0.4 is 16.0 Å². The lowest BCUT2D eigenvalue weighted by Gasteiger charge is -2.28. The molecule has 0 spiro atoms. The number of benzene rings is 1. The maximum Gasteiger partial charge on any atom is 0.340 e. The van der Waals surface area contributed by atoms with Gasteiger partial charge in [-0.2, -0.15) is 0 Å². The van der Waals surface area contributed by atoms with Crippen LogP contribution in [0.2, 0.25) is 5.02 Å². The number of fused-ring (bicyclic) bond motifs is 1. The number of aromatic nitrogens is 1. The predicted octanol–water partition coefficient (Wildman–Crippen LogP) is 2.21. The Morgan fingerprint density at radius 1 is 1.32 bits per heavy atom. The van der Waals surface area contributed by atoms with Gasteiger partial charge in [-0.3, -0.25) is 4.79 Å². The standard InChI is InChI=1S/C18H17ClN2O4/c1-9-8-12-14(17(22)21(9)2)13(10-4-6-11(19)7-5-10)15(16(20)25-12)18(23)24-3/h4-8,13H,20H2,1-3H3/t13-/m1/s1. The summed E-state index contributed by atoms with van der Waals surface area (Å²) in [7, 11) is 2.92. The molecule has 0 bridgehead atoms. The number of esters is 1. The topological polar surface area (TPSA) is 83.5 Å². The minimum atomic E-state index is -0.701. The van der Waals surface area contributed by atoms with E-state index in [0.29, 0.717) is 27.6 Å². The molecule has 1 aromatic heterocycles. The van der Waals surface area contributed by atoms with E-state index < -0.39 is 11.9 Å². The molecule has 0 unspecified atom stereocenters. The number of rotatable bonds is 2. The Kier molecular flexibility index (Phi) is 4.30. The molecule has 2 N–H and O–H groups in total. The summed E-state index contributed by atoms with van der Waals surface area (Å²) in [5, 5.41) is 0.546. The van der Waals surface area contributed by atoms with Crippen molar-refractivity contribution in [1.29, 1.82) is 0 Å². The summed E-state index contributed by atoms with van der Waals surface area (Å²) in [6, 6.07) is 8.60. The van der Waals surface area contributed by atoms with Crippen molar-refractivity contribution in [1.82, 2.24) is 4.57 Å². The quantitative estimate of drug-likeness (QED) is 0.830. The van der Waals surface area contributed by atoms with E-state index in [-0.39, 0.29) is 17.0 Å². The number of pyridine rings is 1. The van der Waals surface area contributed by atoms with Crippen molar-refractivity contribution in [3.05, 3.63) is 74.0 Å². The van der Waals surface area contributed by atoms with Crippen molar-refractivity contribution < 1.29 is 14.3 Å². The first-order chi connectivity index (χ1) is 11.8. The third-order valence-corrected chi connectivity index (χ3v) is 4.59. The van der Waals surface area contributed by atoms with Gasteiger partial charge in [-0.05, 0) is 24.6 Å². The fourth-order valence-electron chi connectivity index (χ4n) is 2.94. The molecule has 3 rings (SSSR count). The molecule has 2 heterocycles. The molecule has 0 radical (unpaired) electrons. The number of nitrogens with zero attached hydrogens (tertiary/aromatic N) is 1. The summed E-state index contributed by atoms with van der Waals surface area (Å²) in [6.45, 7) is 1.79. The lowest BCUT2D eigenvalue weighted by Crippen LogP contribution is -2.34. The van der Waals surface area contributed by atoms with Crippen molar-refractivity contribution in [2.75, 3.05) is 7.11 Å². The molecule has 1 aliphatic heterocycles. The third-order valence-electron chi connectivity index (χ3n) is 4.34. The van der Waals surface area contributed by atoms with Crippen molar-refractivity contribution in [2.24, 2.45) is 12.8 Å². The number of ether oxygens (including phenoxy) is 2. The van der Waals surface area contributed by atoms with Crippen molar-refractivity contribution >= 4 is 17.6 Å². The maximum absolute atomic E-state index is 12.9. The van der Waals surface area contributed by atoms with Gasteiger partial charge in [0.05, 0.1) is 18.6 Å². The lowest BCUT2D eigenvalue weighted by atomic mass is 9.83. The van der Waals surface area contributed by atoms with Gasteiger partial charge >= 0.3 is 5.97 Å². The molecule has 6 nitrogen and oxygen atoms in total. The van der Waals surface area contributed by atoms with Gasteiger partial charge in [0.25, 0.3) is 5.56 Å². The SMILES string of the molecule is COC(=O)C1=C(N)Oc2cc(C)n(C)c(=O)c2[C@H]1c1ccc(Cl)cc1. The number of hydrogen-bond donors (Lipinski definition) is 1. The average molecular weight is 361 g/mol. The largest absolute Gasteiger partial charge is 0.465 e. The van der Waals surface area contributed by atoms with E-state index in [1.54, 1.807) is 44.3 Å². The van der Waals surface area contributed by atoms with E-state index in [4.69, 9.17) is 26.8 Å². The molecular weight excluding hydrogens is 344 g/mol.